The summed E-state index contributed by atoms with van der Waals surface area (Å²) >= 11 is 13.4. The predicted molar refractivity (Wildman–Crippen MR) is 101 cm³/mol. The molecule has 25 heavy (non-hydrogen) atoms. The highest BCUT2D eigenvalue weighted by Crippen LogP contribution is 2.41. The Labute approximate surface area is 158 Å². The van der Waals surface area contributed by atoms with Crippen LogP contribution in [0.1, 0.15) is 27.9 Å². The standard InChI is InChI=1S/C15H16Cl2N4O3S/c1-4-9-13(25-15(18)20-9)14(22)21-19-6-7-5-8(16)12(24-3)10(17)11(7)23-2/h5-6H,4H2,1-3H3,(H2,18,20)(H,21,22)/b19-6-. The summed E-state index contributed by atoms with van der Waals surface area (Å²) < 4.78 is 10.4. The molecule has 3 N–H and O–H groups in total. The molecule has 0 saturated heterocycles. The molecule has 0 aliphatic heterocycles. The number of ether oxygens (including phenoxy) is 2. The van der Waals surface area contributed by atoms with E-state index in [1.165, 1.54) is 20.4 Å². The van der Waals surface area contributed by atoms with Crippen molar-refractivity contribution in [3.63, 3.8) is 0 Å². The van der Waals surface area contributed by atoms with Crippen molar-refractivity contribution in [2.24, 2.45) is 5.10 Å². The maximum atomic E-state index is 12.2. The van der Waals surface area contributed by atoms with Crippen LogP contribution in [0.5, 0.6) is 11.5 Å². The molecule has 0 spiro atoms. The Kier molecular flexibility index (Phi) is 6.46. The van der Waals surface area contributed by atoms with E-state index in [9.17, 15) is 4.79 Å². The molecule has 1 heterocycles. The lowest BCUT2D eigenvalue weighted by molar-refractivity contribution is 0.0958. The van der Waals surface area contributed by atoms with Crippen LogP contribution < -0.4 is 20.6 Å². The van der Waals surface area contributed by atoms with Gasteiger partial charge in [0, 0.05) is 5.56 Å². The Morgan fingerprint density at radius 3 is 2.68 bits per heavy atom. The molecular formula is C15H16Cl2N4O3S. The Morgan fingerprint density at radius 1 is 1.40 bits per heavy atom. The third-order valence-corrected chi connectivity index (χ3v) is 4.74. The smallest absolute Gasteiger partial charge is 0.283 e. The van der Waals surface area contributed by atoms with E-state index >= 15 is 0 Å². The molecule has 0 aliphatic rings. The second-order valence-corrected chi connectivity index (χ2v) is 6.52. The summed E-state index contributed by atoms with van der Waals surface area (Å²) in [6, 6.07) is 1.57. The lowest BCUT2D eigenvalue weighted by Crippen LogP contribution is -2.18. The number of methoxy groups -OCH3 is 2. The molecule has 1 amide bonds. The van der Waals surface area contributed by atoms with Crippen molar-refractivity contribution >= 4 is 51.8 Å². The normalized spacial score (nSPS) is 10.9. The fraction of sp³-hybridized carbons (Fsp3) is 0.267. The van der Waals surface area contributed by atoms with Crippen LogP contribution in [0.15, 0.2) is 11.2 Å². The molecule has 0 atom stereocenters. The number of rotatable bonds is 6. The molecule has 134 valence electrons. The molecule has 1 aromatic heterocycles. The van der Waals surface area contributed by atoms with E-state index in [0.29, 0.717) is 44.2 Å². The van der Waals surface area contributed by atoms with Gasteiger partial charge in [0.15, 0.2) is 10.9 Å². The maximum absolute atomic E-state index is 12.2. The van der Waals surface area contributed by atoms with Gasteiger partial charge in [-0.05, 0) is 12.5 Å². The van der Waals surface area contributed by atoms with Crippen LogP contribution >= 0.6 is 34.5 Å². The van der Waals surface area contributed by atoms with E-state index in [1.54, 1.807) is 6.07 Å². The van der Waals surface area contributed by atoms with Crippen LogP contribution in [0, 0.1) is 0 Å². The number of nitrogen functional groups attached to an aromatic ring is 1. The van der Waals surface area contributed by atoms with Gasteiger partial charge in [-0.3, -0.25) is 4.79 Å². The van der Waals surface area contributed by atoms with Crippen molar-refractivity contribution < 1.29 is 14.3 Å². The lowest BCUT2D eigenvalue weighted by Gasteiger charge is -2.12. The summed E-state index contributed by atoms with van der Waals surface area (Å²) in [6.45, 7) is 1.89. The molecule has 0 saturated carbocycles. The van der Waals surface area contributed by atoms with Gasteiger partial charge < -0.3 is 15.2 Å². The van der Waals surface area contributed by atoms with Gasteiger partial charge in [-0.15, -0.1) is 0 Å². The van der Waals surface area contributed by atoms with Crippen molar-refractivity contribution in [2.75, 3.05) is 20.0 Å². The number of anilines is 1. The van der Waals surface area contributed by atoms with Crippen molar-refractivity contribution in [2.45, 2.75) is 13.3 Å². The fourth-order valence-electron chi connectivity index (χ4n) is 2.09. The minimum Gasteiger partial charge on any atom is -0.494 e. The molecule has 1 aromatic carbocycles. The first kappa shape index (κ1) is 19.3. The second-order valence-electron chi connectivity index (χ2n) is 4.71. The van der Waals surface area contributed by atoms with Gasteiger partial charge in [-0.2, -0.15) is 5.10 Å². The topological polar surface area (TPSA) is 98.8 Å². The van der Waals surface area contributed by atoms with E-state index in [0.717, 1.165) is 11.3 Å². The number of carbonyl (C=O) groups is 1. The van der Waals surface area contributed by atoms with Crippen LogP contribution in [0.4, 0.5) is 5.13 Å². The number of thiazole rings is 1. The number of aryl methyl sites for hydroxylation is 1. The molecule has 2 aromatic rings. The number of benzene rings is 1. The van der Waals surface area contributed by atoms with Crippen LogP contribution in [-0.4, -0.2) is 31.3 Å². The number of nitrogens with one attached hydrogen (secondary N) is 1. The highest BCUT2D eigenvalue weighted by molar-refractivity contribution is 7.17. The number of nitrogens with two attached hydrogens (primary N) is 1. The van der Waals surface area contributed by atoms with Gasteiger partial charge in [-0.25, -0.2) is 10.4 Å². The molecule has 10 heteroatoms. The highest BCUT2D eigenvalue weighted by Gasteiger charge is 2.17. The fourth-order valence-corrected chi connectivity index (χ4v) is 3.60. The van der Waals surface area contributed by atoms with E-state index < -0.39 is 5.91 Å². The van der Waals surface area contributed by atoms with Crippen molar-refractivity contribution in [3.8, 4) is 11.5 Å². The minimum absolute atomic E-state index is 0.216. The molecule has 0 fully saturated rings. The van der Waals surface area contributed by atoms with E-state index in [-0.39, 0.29) is 5.02 Å². The second kappa shape index (κ2) is 8.37. The number of carbonyl (C=O) groups excluding carboxylic acids is 1. The van der Waals surface area contributed by atoms with Crippen LogP contribution in [0.2, 0.25) is 10.0 Å². The zero-order chi connectivity index (χ0) is 18.6. The number of amides is 1. The van der Waals surface area contributed by atoms with Gasteiger partial charge in [-0.1, -0.05) is 41.5 Å². The van der Waals surface area contributed by atoms with Gasteiger partial charge in [0.2, 0.25) is 0 Å². The third-order valence-electron chi connectivity index (χ3n) is 3.19. The first-order chi connectivity index (χ1) is 11.9. The van der Waals surface area contributed by atoms with E-state index in [4.69, 9.17) is 38.4 Å². The first-order valence-electron chi connectivity index (χ1n) is 7.11. The molecule has 0 aliphatic carbocycles. The van der Waals surface area contributed by atoms with Gasteiger partial charge in [0.05, 0.1) is 31.2 Å². The highest BCUT2D eigenvalue weighted by atomic mass is 35.5. The zero-order valence-electron chi connectivity index (χ0n) is 13.7. The summed E-state index contributed by atoms with van der Waals surface area (Å²) in [5.74, 6) is 0.235. The van der Waals surface area contributed by atoms with Crippen molar-refractivity contribution in [3.05, 3.63) is 32.2 Å². The van der Waals surface area contributed by atoms with E-state index in [1.807, 2.05) is 6.92 Å². The average Bonchev–Trinajstić information content (AvgIpc) is 2.96. The number of halogens is 2. The number of aromatic nitrogens is 1. The summed E-state index contributed by atoms with van der Waals surface area (Å²) in [4.78, 5) is 16.7. The van der Waals surface area contributed by atoms with Gasteiger partial charge >= 0.3 is 0 Å². The monoisotopic (exact) mass is 402 g/mol. The molecule has 0 radical (unpaired) electrons. The number of nitrogens with zero attached hydrogens (tertiary/aromatic N) is 2. The Bertz CT molecular complexity index is 824. The van der Waals surface area contributed by atoms with Crippen molar-refractivity contribution in [1.29, 1.82) is 0 Å². The summed E-state index contributed by atoms with van der Waals surface area (Å²) in [5.41, 5.74) is 9.18. The summed E-state index contributed by atoms with van der Waals surface area (Å²) in [7, 11) is 2.91. The number of hydrogen-bond donors (Lipinski definition) is 2. The molecule has 0 unspecified atom stereocenters. The summed E-state index contributed by atoms with van der Waals surface area (Å²) in [6.07, 6.45) is 1.97. The lowest BCUT2D eigenvalue weighted by atomic mass is 10.2. The van der Waals surface area contributed by atoms with Crippen LogP contribution in [0.25, 0.3) is 0 Å². The Hall–Kier alpha value is -2.03. The molecule has 2 rings (SSSR count). The van der Waals surface area contributed by atoms with Crippen LogP contribution in [0.3, 0.4) is 0 Å². The summed E-state index contributed by atoms with van der Waals surface area (Å²) in [5, 5.41) is 4.77. The van der Waals surface area contributed by atoms with E-state index in [2.05, 4.69) is 15.5 Å². The molecule has 7 nitrogen and oxygen atoms in total. The molecule has 0 bridgehead atoms. The Balaban J connectivity index is 2.23. The average molecular weight is 403 g/mol. The minimum atomic E-state index is -0.396. The van der Waals surface area contributed by atoms with Crippen LogP contribution in [-0.2, 0) is 6.42 Å². The quantitative estimate of drug-likeness (QED) is 0.569. The number of hydrogen-bond acceptors (Lipinski definition) is 7. The predicted octanol–water partition coefficient (Wildman–Crippen LogP) is 3.38. The first-order valence-corrected chi connectivity index (χ1v) is 8.68. The largest absolute Gasteiger partial charge is 0.494 e. The number of hydrazone groups is 1. The van der Waals surface area contributed by atoms with Gasteiger partial charge in [0.25, 0.3) is 5.91 Å². The SMILES string of the molecule is CCc1nc(N)sc1C(=O)N/N=C\c1cc(Cl)c(OC)c(Cl)c1OC. The van der Waals surface area contributed by atoms with Gasteiger partial charge in [0.1, 0.15) is 15.6 Å². The van der Waals surface area contributed by atoms with Crippen molar-refractivity contribution in [1.82, 2.24) is 10.4 Å². The maximum Gasteiger partial charge on any atom is 0.283 e. The Morgan fingerprint density at radius 2 is 2.08 bits per heavy atom. The zero-order valence-corrected chi connectivity index (χ0v) is 16.1. The third kappa shape index (κ3) is 4.15. The molecular weight excluding hydrogens is 387 g/mol.